The third-order valence-corrected chi connectivity index (χ3v) is 3.81. The molecule has 0 aliphatic carbocycles. The van der Waals surface area contributed by atoms with Crippen LogP contribution in [-0.2, 0) is 4.79 Å². The van der Waals surface area contributed by atoms with Gasteiger partial charge in [0.15, 0.2) is 0 Å². The predicted molar refractivity (Wildman–Crippen MR) is 82.6 cm³/mol. The molecule has 5 heteroatoms. The molecule has 0 aromatic heterocycles. The Hall–Kier alpha value is -1.71. The molecular weight excluding hydrogens is 295 g/mol. The van der Waals surface area contributed by atoms with Crippen molar-refractivity contribution in [1.82, 2.24) is 0 Å². The molecule has 3 nitrogen and oxygen atoms in total. The number of fused-ring (bicyclic) bond motifs is 1. The van der Waals surface area contributed by atoms with Gasteiger partial charge in [0, 0.05) is 27.0 Å². The van der Waals surface area contributed by atoms with Crippen molar-refractivity contribution >= 4 is 40.5 Å². The van der Waals surface area contributed by atoms with Crippen molar-refractivity contribution in [3.63, 3.8) is 0 Å². The Morgan fingerprint density at radius 2 is 1.80 bits per heavy atom. The second kappa shape index (κ2) is 5.00. The Bertz CT molecular complexity index is 700. The molecule has 1 aliphatic rings. The summed E-state index contributed by atoms with van der Waals surface area (Å²) in [6, 6.07) is 10.5. The largest absolute Gasteiger partial charge is 0.370 e. The molecular formula is C15H12Cl2N2O. The van der Waals surface area contributed by atoms with Crippen LogP contribution in [0.2, 0.25) is 10.0 Å². The number of rotatable bonds is 2. The van der Waals surface area contributed by atoms with E-state index in [4.69, 9.17) is 23.2 Å². The minimum absolute atomic E-state index is 0.0957. The summed E-state index contributed by atoms with van der Waals surface area (Å²) >= 11 is 12.0. The fourth-order valence-corrected chi connectivity index (χ4v) is 2.63. The molecule has 0 bridgehead atoms. The zero-order valence-corrected chi connectivity index (χ0v) is 12.2. The lowest BCUT2D eigenvalue weighted by Crippen LogP contribution is -2.20. The summed E-state index contributed by atoms with van der Waals surface area (Å²) in [6.45, 7) is 1.96. The molecule has 0 saturated heterocycles. The molecule has 1 heterocycles. The number of benzene rings is 2. The number of amides is 1. The Morgan fingerprint density at radius 1 is 1.10 bits per heavy atom. The number of halogens is 2. The molecule has 2 N–H and O–H groups in total. The van der Waals surface area contributed by atoms with Gasteiger partial charge in [0.1, 0.15) is 6.04 Å². The molecule has 0 fully saturated rings. The van der Waals surface area contributed by atoms with Crippen molar-refractivity contribution in [2.45, 2.75) is 13.0 Å². The number of aryl methyl sites for hydroxylation is 1. The molecule has 1 atom stereocenters. The summed E-state index contributed by atoms with van der Waals surface area (Å²) < 4.78 is 0. The van der Waals surface area contributed by atoms with Crippen LogP contribution in [-0.4, -0.2) is 5.91 Å². The standard InChI is InChI=1S/C15H12Cl2N2O/c1-8-2-3-10(17)7-13(8)18-14-11-6-9(16)4-5-12(11)19-15(14)20/h2-7,14,18H,1H3,(H,19,20). The van der Waals surface area contributed by atoms with Gasteiger partial charge in [-0.25, -0.2) is 0 Å². The maximum atomic E-state index is 12.1. The minimum Gasteiger partial charge on any atom is -0.370 e. The lowest BCUT2D eigenvalue weighted by Gasteiger charge is -2.15. The first-order chi connectivity index (χ1) is 9.54. The quantitative estimate of drug-likeness (QED) is 0.863. The van der Waals surface area contributed by atoms with E-state index in [1.165, 1.54) is 0 Å². The number of carbonyl (C=O) groups excluding carboxylic acids is 1. The summed E-state index contributed by atoms with van der Waals surface area (Å²) in [4.78, 5) is 12.1. The molecule has 2 aromatic carbocycles. The highest BCUT2D eigenvalue weighted by atomic mass is 35.5. The topological polar surface area (TPSA) is 41.1 Å². The van der Waals surface area contributed by atoms with Crippen molar-refractivity contribution in [1.29, 1.82) is 0 Å². The molecule has 0 saturated carbocycles. The highest BCUT2D eigenvalue weighted by molar-refractivity contribution is 6.31. The van der Waals surface area contributed by atoms with Crippen LogP contribution in [0, 0.1) is 6.92 Å². The number of carbonyl (C=O) groups is 1. The average Bonchev–Trinajstić information content (AvgIpc) is 2.70. The van der Waals surface area contributed by atoms with Gasteiger partial charge in [-0.1, -0.05) is 29.3 Å². The van der Waals surface area contributed by atoms with Gasteiger partial charge in [-0.3, -0.25) is 4.79 Å². The number of nitrogens with one attached hydrogen (secondary N) is 2. The molecule has 3 rings (SSSR count). The van der Waals surface area contributed by atoms with Gasteiger partial charge >= 0.3 is 0 Å². The monoisotopic (exact) mass is 306 g/mol. The van der Waals surface area contributed by atoms with Crippen LogP contribution < -0.4 is 10.6 Å². The molecule has 0 spiro atoms. The Balaban J connectivity index is 1.97. The Kier molecular flexibility index (Phi) is 3.32. The Morgan fingerprint density at radius 3 is 2.60 bits per heavy atom. The van der Waals surface area contributed by atoms with E-state index in [-0.39, 0.29) is 5.91 Å². The molecule has 2 aromatic rings. The van der Waals surface area contributed by atoms with E-state index >= 15 is 0 Å². The van der Waals surface area contributed by atoms with Crippen molar-refractivity contribution in [3.8, 4) is 0 Å². The first-order valence-electron chi connectivity index (χ1n) is 6.17. The predicted octanol–water partition coefficient (Wildman–Crippen LogP) is 4.41. The van der Waals surface area contributed by atoms with Crippen LogP contribution in [0.4, 0.5) is 11.4 Å². The van der Waals surface area contributed by atoms with E-state index in [1.807, 2.05) is 31.2 Å². The first kappa shape index (κ1) is 13.3. The second-order valence-electron chi connectivity index (χ2n) is 4.76. The summed E-state index contributed by atoms with van der Waals surface area (Å²) in [5, 5.41) is 7.30. The molecule has 0 radical (unpaired) electrons. The number of hydrogen-bond donors (Lipinski definition) is 2. The van der Waals surface area contributed by atoms with Crippen molar-refractivity contribution in [3.05, 3.63) is 57.6 Å². The van der Waals surface area contributed by atoms with Crippen LogP contribution in [0.5, 0.6) is 0 Å². The van der Waals surface area contributed by atoms with Gasteiger partial charge in [-0.2, -0.15) is 0 Å². The summed E-state index contributed by atoms with van der Waals surface area (Å²) in [5.41, 5.74) is 3.50. The zero-order chi connectivity index (χ0) is 14.3. The van der Waals surface area contributed by atoms with Gasteiger partial charge in [0.05, 0.1) is 0 Å². The summed E-state index contributed by atoms with van der Waals surface area (Å²) in [6.07, 6.45) is 0. The van der Waals surface area contributed by atoms with Crippen molar-refractivity contribution < 1.29 is 4.79 Å². The second-order valence-corrected chi connectivity index (χ2v) is 5.63. The minimum atomic E-state index is -0.458. The smallest absolute Gasteiger partial charge is 0.251 e. The maximum absolute atomic E-state index is 12.1. The Labute approximate surface area is 126 Å². The average molecular weight is 307 g/mol. The van der Waals surface area contributed by atoms with E-state index in [9.17, 15) is 4.79 Å². The number of anilines is 2. The molecule has 1 aliphatic heterocycles. The fourth-order valence-electron chi connectivity index (χ4n) is 2.28. The van der Waals surface area contributed by atoms with E-state index in [1.54, 1.807) is 12.1 Å². The highest BCUT2D eigenvalue weighted by Gasteiger charge is 2.30. The highest BCUT2D eigenvalue weighted by Crippen LogP contribution is 2.36. The van der Waals surface area contributed by atoms with E-state index in [0.29, 0.717) is 10.0 Å². The van der Waals surface area contributed by atoms with E-state index in [2.05, 4.69) is 10.6 Å². The van der Waals surface area contributed by atoms with Gasteiger partial charge in [0.2, 0.25) is 0 Å². The van der Waals surface area contributed by atoms with Crippen LogP contribution in [0.25, 0.3) is 0 Å². The summed E-state index contributed by atoms with van der Waals surface area (Å²) in [7, 11) is 0. The van der Waals surface area contributed by atoms with Crippen LogP contribution >= 0.6 is 23.2 Å². The van der Waals surface area contributed by atoms with Gasteiger partial charge in [-0.15, -0.1) is 0 Å². The van der Waals surface area contributed by atoms with Crippen molar-refractivity contribution in [2.75, 3.05) is 10.6 Å². The lowest BCUT2D eigenvalue weighted by atomic mass is 10.1. The molecule has 20 heavy (non-hydrogen) atoms. The molecule has 1 unspecified atom stereocenters. The van der Waals surface area contributed by atoms with Gasteiger partial charge in [0.25, 0.3) is 5.91 Å². The molecule has 1 amide bonds. The van der Waals surface area contributed by atoms with Crippen LogP contribution in [0.1, 0.15) is 17.2 Å². The lowest BCUT2D eigenvalue weighted by molar-refractivity contribution is -0.116. The number of hydrogen-bond acceptors (Lipinski definition) is 2. The third-order valence-electron chi connectivity index (χ3n) is 3.34. The maximum Gasteiger partial charge on any atom is 0.251 e. The van der Waals surface area contributed by atoms with E-state index in [0.717, 1.165) is 22.5 Å². The van der Waals surface area contributed by atoms with Crippen LogP contribution in [0.15, 0.2) is 36.4 Å². The zero-order valence-electron chi connectivity index (χ0n) is 10.7. The van der Waals surface area contributed by atoms with Crippen LogP contribution in [0.3, 0.4) is 0 Å². The SMILES string of the molecule is Cc1ccc(Cl)cc1NC1C(=O)Nc2ccc(Cl)cc21. The summed E-state index contributed by atoms with van der Waals surface area (Å²) in [5.74, 6) is -0.0957. The van der Waals surface area contributed by atoms with Gasteiger partial charge < -0.3 is 10.6 Å². The fraction of sp³-hybridized carbons (Fsp3) is 0.133. The molecule has 102 valence electrons. The third kappa shape index (κ3) is 2.35. The van der Waals surface area contributed by atoms with E-state index < -0.39 is 6.04 Å². The van der Waals surface area contributed by atoms with Crippen molar-refractivity contribution in [2.24, 2.45) is 0 Å². The van der Waals surface area contributed by atoms with Gasteiger partial charge in [-0.05, 0) is 42.8 Å². The first-order valence-corrected chi connectivity index (χ1v) is 6.93. The normalized spacial score (nSPS) is 16.8.